The predicted molar refractivity (Wildman–Crippen MR) is 86.0 cm³/mol. The number of anilines is 1. The number of fused-ring (bicyclic) bond motifs is 1. The van der Waals surface area contributed by atoms with E-state index in [4.69, 9.17) is 11.6 Å². The molecule has 0 spiro atoms. The molecular formula is C14H19ClN4S. The van der Waals surface area contributed by atoms with Crippen LogP contribution in [0.15, 0.2) is 6.07 Å². The van der Waals surface area contributed by atoms with Crippen LogP contribution in [-0.2, 0) is 0 Å². The van der Waals surface area contributed by atoms with Gasteiger partial charge in [0.25, 0.3) is 0 Å². The first kappa shape index (κ1) is 14.0. The quantitative estimate of drug-likeness (QED) is 0.798. The van der Waals surface area contributed by atoms with Crippen molar-refractivity contribution >= 4 is 39.0 Å². The number of halogens is 1. The van der Waals surface area contributed by atoms with Gasteiger partial charge >= 0.3 is 0 Å². The van der Waals surface area contributed by atoms with Gasteiger partial charge in [-0.15, -0.1) is 11.3 Å². The number of hydrogen-bond acceptors (Lipinski definition) is 5. The first-order chi connectivity index (χ1) is 9.45. The van der Waals surface area contributed by atoms with Crippen LogP contribution < -0.4 is 4.90 Å². The maximum absolute atomic E-state index is 6.09. The zero-order valence-corrected chi connectivity index (χ0v) is 13.8. The van der Waals surface area contributed by atoms with Gasteiger partial charge in [0.05, 0.1) is 5.39 Å². The van der Waals surface area contributed by atoms with Gasteiger partial charge in [-0.3, -0.25) is 0 Å². The van der Waals surface area contributed by atoms with Crippen molar-refractivity contribution in [3.05, 3.63) is 16.2 Å². The molecule has 0 N–H and O–H groups in total. The Balaban J connectivity index is 2.02. The lowest BCUT2D eigenvalue weighted by Crippen LogP contribution is -2.34. The van der Waals surface area contributed by atoms with Crippen molar-refractivity contribution in [2.45, 2.75) is 19.9 Å². The van der Waals surface area contributed by atoms with Gasteiger partial charge in [0.15, 0.2) is 0 Å². The molecule has 0 aliphatic carbocycles. The molecule has 0 amide bonds. The maximum Gasteiger partial charge on any atom is 0.225 e. The lowest BCUT2D eigenvalue weighted by atomic mass is 10.1. The van der Waals surface area contributed by atoms with Crippen LogP contribution in [0.1, 0.15) is 11.8 Å². The Labute approximate surface area is 128 Å². The standard InChI is InChI=1S/C14H19ClN4S/c1-8-6-19(7-11(8)18(3)4)12-10-5-9(2)20-13(10)17-14(15)16-12/h5,8,11H,6-7H2,1-4H3. The van der Waals surface area contributed by atoms with Crippen LogP contribution in [0.4, 0.5) is 5.82 Å². The topological polar surface area (TPSA) is 32.3 Å². The van der Waals surface area contributed by atoms with Gasteiger partial charge in [0.2, 0.25) is 5.28 Å². The molecule has 1 saturated heterocycles. The average Bonchev–Trinajstić information content (AvgIpc) is 2.90. The van der Waals surface area contributed by atoms with E-state index in [-0.39, 0.29) is 0 Å². The van der Waals surface area contributed by atoms with Crippen LogP contribution in [0.25, 0.3) is 10.2 Å². The van der Waals surface area contributed by atoms with Crippen LogP contribution in [0, 0.1) is 12.8 Å². The molecule has 1 aliphatic heterocycles. The Hall–Kier alpha value is -0.910. The largest absolute Gasteiger partial charge is 0.354 e. The third-order valence-electron chi connectivity index (χ3n) is 4.00. The second-order valence-electron chi connectivity index (χ2n) is 5.81. The van der Waals surface area contributed by atoms with Crippen molar-refractivity contribution in [2.24, 2.45) is 5.92 Å². The van der Waals surface area contributed by atoms with E-state index in [1.165, 1.54) is 4.88 Å². The van der Waals surface area contributed by atoms with E-state index in [1.54, 1.807) is 11.3 Å². The molecular weight excluding hydrogens is 292 g/mol. The first-order valence-corrected chi connectivity index (χ1v) is 8.00. The second-order valence-corrected chi connectivity index (χ2v) is 7.38. The Bertz CT molecular complexity index is 639. The molecule has 3 rings (SSSR count). The van der Waals surface area contributed by atoms with E-state index in [0.717, 1.165) is 29.1 Å². The normalized spacial score (nSPS) is 23.2. The highest BCUT2D eigenvalue weighted by atomic mass is 35.5. The van der Waals surface area contributed by atoms with Gasteiger partial charge in [-0.2, -0.15) is 4.98 Å². The lowest BCUT2D eigenvalue weighted by molar-refractivity contribution is 0.266. The molecule has 4 nitrogen and oxygen atoms in total. The van der Waals surface area contributed by atoms with Crippen molar-refractivity contribution in [1.29, 1.82) is 0 Å². The molecule has 0 bridgehead atoms. The molecule has 2 atom stereocenters. The number of hydrogen-bond donors (Lipinski definition) is 0. The summed E-state index contributed by atoms with van der Waals surface area (Å²) < 4.78 is 0. The Morgan fingerprint density at radius 3 is 2.75 bits per heavy atom. The summed E-state index contributed by atoms with van der Waals surface area (Å²) >= 11 is 7.77. The van der Waals surface area contributed by atoms with Gasteiger partial charge in [-0.05, 0) is 44.6 Å². The smallest absolute Gasteiger partial charge is 0.225 e. The Morgan fingerprint density at radius 2 is 2.10 bits per heavy atom. The van der Waals surface area contributed by atoms with E-state index < -0.39 is 0 Å². The fourth-order valence-electron chi connectivity index (χ4n) is 3.04. The van der Waals surface area contributed by atoms with E-state index in [1.807, 2.05) is 0 Å². The highest BCUT2D eigenvalue weighted by molar-refractivity contribution is 7.18. The third kappa shape index (κ3) is 2.38. The minimum absolute atomic E-state index is 0.343. The SMILES string of the molecule is Cc1cc2c(N3CC(C)C(N(C)C)C3)nc(Cl)nc2s1. The number of aryl methyl sites for hydroxylation is 1. The first-order valence-electron chi connectivity index (χ1n) is 6.80. The third-order valence-corrected chi connectivity index (χ3v) is 5.12. The predicted octanol–water partition coefficient (Wildman–Crippen LogP) is 3.04. The molecule has 2 aromatic heterocycles. The molecule has 108 valence electrons. The van der Waals surface area contributed by atoms with Crippen LogP contribution in [0.5, 0.6) is 0 Å². The Morgan fingerprint density at radius 1 is 1.35 bits per heavy atom. The van der Waals surface area contributed by atoms with Gasteiger partial charge < -0.3 is 9.80 Å². The highest BCUT2D eigenvalue weighted by Crippen LogP contribution is 2.34. The minimum atomic E-state index is 0.343. The zero-order chi connectivity index (χ0) is 14.4. The molecule has 0 aromatic carbocycles. The summed E-state index contributed by atoms with van der Waals surface area (Å²) in [5.41, 5.74) is 0. The number of rotatable bonds is 2. The second kappa shape index (κ2) is 5.13. The summed E-state index contributed by atoms with van der Waals surface area (Å²) in [4.78, 5) is 15.7. The van der Waals surface area contributed by atoms with Gasteiger partial charge in [0, 0.05) is 24.0 Å². The lowest BCUT2D eigenvalue weighted by Gasteiger charge is -2.22. The highest BCUT2D eigenvalue weighted by Gasteiger charge is 2.32. The van der Waals surface area contributed by atoms with Gasteiger partial charge in [0.1, 0.15) is 10.6 Å². The van der Waals surface area contributed by atoms with Crippen LogP contribution in [0.2, 0.25) is 5.28 Å². The number of aromatic nitrogens is 2. The molecule has 1 aliphatic rings. The summed E-state index contributed by atoms with van der Waals surface area (Å²) in [6.07, 6.45) is 0. The summed E-state index contributed by atoms with van der Waals surface area (Å²) in [6, 6.07) is 2.72. The van der Waals surface area contributed by atoms with Gasteiger partial charge in [-0.1, -0.05) is 6.92 Å². The van der Waals surface area contributed by atoms with Crippen molar-refractivity contribution in [1.82, 2.24) is 14.9 Å². The summed E-state index contributed by atoms with van der Waals surface area (Å²) in [5.74, 6) is 1.61. The fraction of sp³-hybridized carbons (Fsp3) is 0.571. The summed E-state index contributed by atoms with van der Waals surface area (Å²) in [5, 5.41) is 1.47. The van der Waals surface area contributed by atoms with Crippen molar-refractivity contribution in [2.75, 3.05) is 32.1 Å². The molecule has 0 saturated carbocycles. The molecule has 0 radical (unpaired) electrons. The van der Waals surface area contributed by atoms with Crippen LogP contribution >= 0.6 is 22.9 Å². The maximum atomic E-state index is 6.09. The minimum Gasteiger partial charge on any atom is -0.354 e. The monoisotopic (exact) mass is 310 g/mol. The number of likely N-dealkylation sites (N-methyl/N-ethyl adjacent to an activating group) is 1. The molecule has 6 heteroatoms. The zero-order valence-electron chi connectivity index (χ0n) is 12.2. The summed E-state index contributed by atoms with van der Waals surface area (Å²) in [7, 11) is 4.28. The average molecular weight is 311 g/mol. The van der Waals surface area contributed by atoms with Crippen LogP contribution in [0.3, 0.4) is 0 Å². The molecule has 2 unspecified atom stereocenters. The van der Waals surface area contributed by atoms with E-state index >= 15 is 0 Å². The van der Waals surface area contributed by atoms with Gasteiger partial charge in [-0.25, -0.2) is 4.98 Å². The summed E-state index contributed by atoms with van der Waals surface area (Å²) in [6.45, 7) is 6.40. The number of nitrogens with zero attached hydrogens (tertiary/aromatic N) is 4. The molecule has 1 fully saturated rings. The van der Waals surface area contributed by atoms with E-state index in [0.29, 0.717) is 17.2 Å². The van der Waals surface area contributed by atoms with E-state index in [9.17, 15) is 0 Å². The van der Waals surface area contributed by atoms with Crippen molar-refractivity contribution in [3.8, 4) is 0 Å². The molecule has 3 heterocycles. The van der Waals surface area contributed by atoms with Crippen molar-refractivity contribution < 1.29 is 0 Å². The number of thiophene rings is 1. The van der Waals surface area contributed by atoms with E-state index in [2.05, 4.69) is 53.8 Å². The molecule has 2 aromatic rings. The Kier molecular flexibility index (Phi) is 3.60. The fourth-order valence-corrected chi connectivity index (χ4v) is 4.13. The molecule has 20 heavy (non-hydrogen) atoms. The van der Waals surface area contributed by atoms with Crippen molar-refractivity contribution in [3.63, 3.8) is 0 Å². The van der Waals surface area contributed by atoms with Crippen LogP contribution in [-0.4, -0.2) is 48.1 Å².